The van der Waals surface area contributed by atoms with Gasteiger partial charge in [-0.25, -0.2) is 4.98 Å². The maximum atomic E-state index is 11.4. The summed E-state index contributed by atoms with van der Waals surface area (Å²) in [6.45, 7) is 2.74. The highest BCUT2D eigenvalue weighted by Gasteiger charge is 2.25. The molecule has 27 heavy (non-hydrogen) atoms. The van der Waals surface area contributed by atoms with Crippen molar-refractivity contribution in [3.05, 3.63) is 82.9 Å². The zero-order valence-corrected chi connectivity index (χ0v) is 14.9. The summed E-state index contributed by atoms with van der Waals surface area (Å²) in [5, 5.41) is 14.8. The number of hydrogen-bond donors (Lipinski definition) is 1. The first-order chi connectivity index (χ1) is 13.2. The summed E-state index contributed by atoms with van der Waals surface area (Å²) in [7, 11) is 0. The number of benzene rings is 2. The summed E-state index contributed by atoms with van der Waals surface area (Å²) < 4.78 is 1.84. The van der Waals surface area contributed by atoms with Gasteiger partial charge in [0.25, 0.3) is 5.69 Å². The lowest BCUT2D eigenvalue weighted by Crippen LogP contribution is -2.26. The van der Waals surface area contributed by atoms with Crippen molar-refractivity contribution < 1.29 is 4.92 Å². The van der Waals surface area contributed by atoms with Gasteiger partial charge in [-0.2, -0.15) is 0 Å². The minimum Gasteiger partial charge on any atom is -0.375 e. The lowest BCUT2D eigenvalue weighted by molar-refractivity contribution is -0.384. The molecule has 0 amide bonds. The average molecular weight is 363 g/mol. The molecule has 1 saturated heterocycles. The molecule has 0 radical (unpaired) electrons. The fraction of sp³-hybridized carbons (Fsp3) is 0.250. The van der Waals surface area contributed by atoms with Gasteiger partial charge in [-0.3, -0.25) is 15.0 Å². The third-order valence-corrected chi connectivity index (χ3v) is 4.86. The van der Waals surface area contributed by atoms with Crippen molar-refractivity contribution >= 4 is 11.4 Å². The van der Waals surface area contributed by atoms with E-state index < -0.39 is 0 Å². The van der Waals surface area contributed by atoms with Crippen LogP contribution in [0.25, 0.3) is 5.69 Å². The Balaban J connectivity index is 1.48. The van der Waals surface area contributed by atoms with Crippen LogP contribution in [0.2, 0.25) is 0 Å². The Morgan fingerprint density at radius 2 is 2.07 bits per heavy atom. The van der Waals surface area contributed by atoms with Gasteiger partial charge in [-0.15, -0.1) is 0 Å². The van der Waals surface area contributed by atoms with Crippen LogP contribution in [-0.2, 0) is 6.54 Å². The Bertz CT molecular complexity index is 911. The van der Waals surface area contributed by atoms with Crippen molar-refractivity contribution in [2.75, 3.05) is 18.4 Å². The van der Waals surface area contributed by atoms with Gasteiger partial charge >= 0.3 is 0 Å². The van der Waals surface area contributed by atoms with Crippen LogP contribution >= 0.6 is 0 Å². The third kappa shape index (κ3) is 3.98. The second-order valence-corrected chi connectivity index (χ2v) is 6.78. The zero-order valence-electron chi connectivity index (χ0n) is 14.9. The predicted octanol–water partition coefficient (Wildman–Crippen LogP) is 3.47. The van der Waals surface area contributed by atoms with E-state index in [0.717, 1.165) is 31.7 Å². The van der Waals surface area contributed by atoms with Crippen molar-refractivity contribution in [2.45, 2.75) is 19.0 Å². The van der Waals surface area contributed by atoms with Crippen LogP contribution in [0.4, 0.5) is 11.4 Å². The summed E-state index contributed by atoms with van der Waals surface area (Å²) >= 11 is 0. The second kappa shape index (κ2) is 7.59. The molecule has 2 aromatic carbocycles. The average Bonchev–Trinajstić information content (AvgIpc) is 3.35. The Morgan fingerprint density at radius 3 is 2.81 bits per heavy atom. The molecular weight excluding hydrogens is 342 g/mol. The smallest absolute Gasteiger partial charge is 0.292 e. The maximum Gasteiger partial charge on any atom is 0.292 e. The predicted molar refractivity (Wildman–Crippen MR) is 104 cm³/mol. The number of nitro benzene ring substituents is 1. The molecule has 0 saturated carbocycles. The molecule has 0 bridgehead atoms. The fourth-order valence-electron chi connectivity index (χ4n) is 3.53. The molecule has 1 atom stereocenters. The monoisotopic (exact) mass is 363 g/mol. The Labute approximate surface area is 157 Å². The van der Waals surface area contributed by atoms with Crippen LogP contribution < -0.4 is 5.32 Å². The van der Waals surface area contributed by atoms with Gasteiger partial charge in [0.1, 0.15) is 5.69 Å². The van der Waals surface area contributed by atoms with E-state index in [4.69, 9.17) is 0 Å². The van der Waals surface area contributed by atoms with Gasteiger partial charge in [0.2, 0.25) is 0 Å². The van der Waals surface area contributed by atoms with Gasteiger partial charge < -0.3 is 9.88 Å². The second-order valence-electron chi connectivity index (χ2n) is 6.78. The van der Waals surface area contributed by atoms with Crippen LogP contribution in [0.1, 0.15) is 12.0 Å². The highest BCUT2D eigenvalue weighted by atomic mass is 16.6. The van der Waals surface area contributed by atoms with Gasteiger partial charge in [0, 0.05) is 49.8 Å². The molecule has 7 nitrogen and oxygen atoms in total. The molecule has 1 N–H and O–H groups in total. The molecule has 1 aliphatic heterocycles. The number of imidazole rings is 1. The van der Waals surface area contributed by atoms with E-state index in [-0.39, 0.29) is 16.7 Å². The van der Waals surface area contributed by atoms with Crippen molar-refractivity contribution in [3.63, 3.8) is 0 Å². The minimum atomic E-state index is -0.337. The molecule has 1 unspecified atom stereocenters. The number of nitrogens with zero attached hydrogens (tertiary/aromatic N) is 4. The quantitative estimate of drug-likeness (QED) is 0.536. The minimum absolute atomic E-state index is 0.0976. The number of aromatic nitrogens is 2. The fourth-order valence-corrected chi connectivity index (χ4v) is 3.53. The molecule has 1 aromatic heterocycles. The highest BCUT2D eigenvalue weighted by molar-refractivity contribution is 5.66. The van der Waals surface area contributed by atoms with E-state index in [9.17, 15) is 10.1 Å². The summed E-state index contributed by atoms with van der Waals surface area (Å²) in [6, 6.07) is 15.7. The normalized spacial score (nSPS) is 17.1. The van der Waals surface area contributed by atoms with E-state index in [2.05, 4.69) is 27.3 Å². The number of likely N-dealkylation sites (tertiary alicyclic amines) is 1. The Kier molecular flexibility index (Phi) is 4.84. The van der Waals surface area contributed by atoms with E-state index in [1.54, 1.807) is 24.7 Å². The molecule has 7 heteroatoms. The number of rotatable bonds is 6. The van der Waals surface area contributed by atoms with Crippen LogP contribution in [0.3, 0.4) is 0 Å². The van der Waals surface area contributed by atoms with Crippen molar-refractivity contribution in [1.82, 2.24) is 14.5 Å². The lowest BCUT2D eigenvalue weighted by atomic mass is 10.2. The highest BCUT2D eigenvalue weighted by Crippen LogP contribution is 2.29. The Morgan fingerprint density at radius 1 is 1.22 bits per heavy atom. The van der Waals surface area contributed by atoms with Gasteiger partial charge in [-0.05, 0) is 24.1 Å². The summed E-state index contributed by atoms with van der Waals surface area (Å²) in [4.78, 5) is 17.5. The van der Waals surface area contributed by atoms with Crippen molar-refractivity contribution in [2.24, 2.45) is 0 Å². The topological polar surface area (TPSA) is 76.2 Å². The molecule has 1 fully saturated rings. The third-order valence-electron chi connectivity index (χ3n) is 4.86. The molecule has 3 aromatic rings. The van der Waals surface area contributed by atoms with E-state index >= 15 is 0 Å². The molecule has 4 rings (SSSR count). The van der Waals surface area contributed by atoms with E-state index in [1.807, 2.05) is 35.0 Å². The standard InChI is InChI=1S/C20H21N5O2/c26-25(27)20-7-6-18(24-11-9-21-15-24)12-19(20)22-17-8-10-23(14-17)13-16-4-2-1-3-5-16/h1-7,9,11-12,15,17,22H,8,10,13-14H2. The molecule has 0 aliphatic carbocycles. The Hall–Kier alpha value is -3.19. The largest absolute Gasteiger partial charge is 0.375 e. The van der Waals surface area contributed by atoms with Gasteiger partial charge in [0.15, 0.2) is 0 Å². The zero-order chi connectivity index (χ0) is 18.6. The van der Waals surface area contributed by atoms with Crippen molar-refractivity contribution in [1.29, 1.82) is 0 Å². The number of anilines is 1. The van der Waals surface area contributed by atoms with Crippen molar-refractivity contribution in [3.8, 4) is 5.69 Å². The first kappa shape index (κ1) is 17.2. The van der Waals surface area contributed by atoms with Gasteiger partial charge in [0.05, 0.1) is 11.3 Å². The number of hydrogen-bond acceptors (Lipinski definition) is 5. The number of nitrogens with one attached hydrogen (secondary N) is 1. The first-order valence-electron chi connectivity index (χ1n) is 8.98. The summed E-state index contributed by atoms with van der Waals surface area (Å²) in [5.74, 6) is 0. The summed E-state index contributed by atoms with van der Waals surface area (Å²) in [6.07, 6.45) is 6.15. The van der Waals surface area contributed by atoms with Crippen LogP contribution in [0.15, 0.2) is 67.3 Å². The molecule has 1 aliphatic rings. The van der Waals surface area contributed by atoms with Gasteiger partial charge in [-0.1, -0.05) is 30.3 Å². The SMILES string of the molecule is O=[N+]([O-])c1ccc(-n2ccnc2)cc1NC1CCN(Cc2ccccc2)C1. The summed E-state index contributed by atoms with van der Waals surface area (Å²) in [5.41, 5.74) is 2.78. The van der Waals surface area contributed by atoms with Crippen LogP contribution in [-0.4, -0.2) is 38.5 Å². The molecule has 2 heterocycles. The number of nitro groups is 1. The first-order valence-corrected chi connectivity index (χ1v) is 8.98. The van der Waals surface area contributed by atoms with E-state index in [0.29, 0.717) is 5.69 Å². The molecule has 138 valence electrons. The van der Waals surface area contributed by atoms with E-state index in [1.165, 1.54) is 5.56 Å². The molecular formula is C20H21N5O2. The van der Waals surface area contributed by atoms with Crippen LogP contribution in [0, 0.1) is 10.1 Å². The van der Waals surface area contributed by atoms with Crippen LogP contribution in [0.5, 0.6) is 0 Å². The maximum absolute atomic E-state index is 11.4. The molecule has 0 spiro atoms. The lowest BCUT2D eigenvalue weighted by Gasteiger charge is -2.18.